The Hall–Kier alpha value is -2.21. The van der Waals surface area contributed by atoms with Crippen LogP contribution in [0.25, 0.3) is 0 Å². The standard InChI is InChI=1S/C16H16N2O3S/c1-11-5-7-13(8-6-11)22(20,21)18-12(2)10-15(19)14-4-3-9-17-16(14)18/h3-9,12H,10H2,1-2H3. The molecule has 0 saturated heterocycles. The molecule has 0 N–H and O–H groups in total. The average molecular weight is 316 g/mol. The highest BCUT2D eigenvalue weighted by molar-refractivity contribution is 7.92. The van der Waals surface area contributed by atoms with E-state index < -0.39 is 16.1 Å². The van der Waals surface area contributed by atoms with Crippen molar-refractivity contribution in [2.45, 2.75) is 31.2 Å². The molecule has 1 unspecified atom stereocenters. The molecule has 114 valence electrons. The number of nitrogens with zero attached hydrogens (tertiary/aromatic N) is 2. The van der Waals surface area contributed by atoms with Crippen molar-refractivity contribution in [3.8, 4) is 0 Å². The van der Waals surface area contributed by atoms with Gasteiger partial charge in [0.1, 0.15) is 0 Å². The predicted octanol–water partition coefficient (Wildman–Crippen LogP) is 2.56. The zero-order valence-corrected chi connectivity index (χ0v) is 13.2. The lowest BCUT2D eigenvalue weighted by Gasteiger charge is -2.33. The van der Waals surface area contributed by atoms with Crippen molar-refractivity contribution in [1.29, 1.82) is 0 Å². The first-order valence-electron chi connectivity index (χ1n) is 7.00. The first-order valence-corrected chi connectivity index (χ1v) is 8.44. The van der Waals surface area contributed by atoms with Gasteiger partial charge in [-0.15, -0.1) is 0 Å². The lowest BCUT2D eigenvalue weighted by atomic mass is 10.0. The molecule has 6 heteroatoms. The molecule has 22 heavy (non-hydrogen) atoms. The monoisotopic (exact) mass is 316 g/mol. The van der Waals surface area contributed by atoms with Crippen molar-refractivity contribution in [2.24, 2.45) is 0 Å². The fourth-order valence-electron chi connectivity index (χ4n) is 2.63. The smallest absolute Gasteiger partial charge is 0.265 e. The van der Waals surface area contributed by atoms with Crippen molar-refractivity contribution >= 4 is 21.6 Å². The van der Waals surface area contributed by atoms with Gasteiger partial charge < -0.3 is 0 Å². The summed E-state index contributed by atoms with van der Waals surface area (Å²) in [6.45, 7) is 3.62. The quantitative estimate of drug-likeness (QED) is 0.854. The number of benzene rings is 1. The van der Waals surface area contributed by atoms with Crippen LogP contribution in [-0.4, -0.2) is 25.2 Å². The van der Waals surface area contributed by atoms with E-state index >= 15 is 0 Å². The van der Waals surface area contributed by atoms with Gasteiger partial charge in [-0.1, -0.05) is 17.7 Å². The maximum atomic E-state index is 13.0. The van der Waals surface area contributed by atoms with Crippen LogP contribution in [0.1, 0.15) is 29.3 Å². The molecule has 0 saturated carbocycles. The summed E-state index contributed by atoms with van der Waals surface area (Å²) in [5, 5.41) is 0. The average Bonchev–Trinajstić information content (AvgIpc) is 2.47. The summed E-state index contributed by atoms with van der Waals surface area (Å²) >= 11 is 0. The van der Waals surface area contributed by atoms with Gasteiger partial charge >= 0.3 is 0 Å². The van der Waals surface area contributed by atoms with Gasteiger partial charge in [0.2, 0.25) is 0 Å². The summed E-state index contributed by atoms with van der Waals surface area (Å²) < 4.78 is 27.2. The van der Waals surface area contributed by atoms with Gasteiger partial charge in [-0.3, -0.25) is 4.79 Å². The second-order valence-corrected chi connectivity index (χ2v) is 7.28. The molecule has 2 heterocycles. The molecule has 5 nitrogen and oxygen atoms in total. The second kappa shape index (κ2) is 5.21. The highest BCUT2D eigenvalue weighted by Crippen LogP contribution is 2.33. The second-order valence-electron chi connectivity index (χ2n) is 5.46. The number of fused-ring (bicyclic) bond motifs is 1. The van der Waals surface area contributed by atoms with Crippen LogP contribution in [0, 0.1) is 6.92 Å². The molecule has 1 atom stereocenters. The largest absolute Gasteiger partial charge is 0.294 e. The number of pyridine rings is 1. The van der Waals surface area contributed by atoms with Crippen molar-refractivity contribution < 1.29 is 13.2 Å². The van der Waals surface area contributed by atoms with E-state index in [1.165, 1.54) is 10.5 Å². The van der Waals surface area contributed by atoms with E-state index in [0.29, 0.717) is 5.56 Å². The summed E-state index contributed by atoms with van der Waals surface area (Å²) in [4.78, 5) is 16.4. The highest BCUT2D eigenvalue weighted by atomic mass is 32.2. The maximum absolute atomic E-state index is 13.0. The lowest BCUT2D eigenvalue weighted by molar-refractivity contribution is 0.0971. The third kappa shape index (κ3) is 2.29. The molecule has 0 fully saturated rings. The van der Waals surface area contributed by atoms with Crippen LogP contribution in [0.5, 0.6) is 0 Å². The molecule has 0 bridgehead atoms. The number of rotatable bonds is 2. The van der Waals surface area contributed by atoms with Crippen LogP contribution in [0.2, 0.25) is 0 Å². The predicted molar refractivity (Wildman–Crippen MR) is 83.5 cm³/mol. The minimum absolute atomic E-state index is 0.0778. The molecule has 1 aliphatic rings. The van der Waals surface area contributed by atoms with Crippen molar-refractivity contribution in [3.05, 3.63) is 53.7 Å². The minimum Gasteiger partial charge on any atom is -0.294 e. The molecule has 1 aromatic heterocycles. The Balaban J connectivity index is 2.16. The fourth-order valence-corrected chi connectivity index (χ4v) is 4.26. The van der Waals surface area contributed by atoms with E-state index in [-0.39, 0.29) is 22.9 Å². The molecule has 3 rings (SSSR count). The first kappa shape index (κ1) is 14.7. The van der Waals surface area contributed by atoms with Crippen molar-refractivity contribution in [3.63, 3.8) is 0 Å². The molecule has 0 radical (unpaired) electrons. The third-order valence-electron chi connectivity index (χ3n) is 3.75. The molecule has 1 aliphatic heterocycles. The van der Waals surface area contributed by atoms with Crippen LogP contribution < -0.4 is 4.31 Å². The third-order valence-corrected chi connectivity index (χ3v) is 5.67. The zero-order chi connectivity index (χ0) is 15.9. The zero-order valence-electron chi connectivity index (χ0n) is 12.4. The highest BCUT2D eigenvalue weighted by Gasteiger charge is 2.37. The topological polar surface area (TPSA) is 67.3 Å². The Labute approximate surface area is 129 Å². The van der Waals surface area contributed by atoms with Crippen molar-refractivity contribution in [2.75, 3.05) is 4.31 Å². The molecule has 0 aliphatic carbocycles. The molecule has 0 spiro atoms. The van der Waals surface area contributed by atoms with Gasteiger partial charge in [0.05, 0.1) is 16.5 Å². The number of aryl methyl sites for hydroxylation is 1. The van der Waals surface area contributed by atoms with Gasteiger partial charge in [0.15, 0.2) is 11.6 Å². The van der Waals surface area contributed by atoms with Gasteiger partial charge in [-0.25, -0.2) is 17.7 Å². The van der Waals surface area contributed by atoms with Crippen LogP contribution in [0.3, 0.4) is 0 Å². The van der Waals surface area contributed by atoms with Crippen LogP contribution in [0.4, 0.5) is 5.82 Å². The number of sulfonamides is 1. The number of anilines is 1. The Morgan fingerprint density at radius 1 is 1.18 bits per heavy atom. The van der Waals surface area contributed by atoms with Crippen LogP contribution in [-0.2, 0) is 10.0 Å². The Kier molecular flexibility index (Phi) is 3.48. The summed E-state index contributed by atoms with van der Waals surface area (Å²) in [6, 6.07) is 9.48. The number of carbonyl (C=O) groups excluding carboxylic acids is 1. The summed E-state index contributed by atoms with van der Waals surface area (Å²) in [5.41, 5.74) is 1.34. The fraction of sp³-hybridized carbons (Fsp3) is 0.250. The van der Waals surface area contributed by atoms with E-state index in [0.717, 1.165) is 5.56 Å². The van der Waals surface area contributed by atoms with E-state index in [9.17, 15) is 13.2 Å². The lowest BCUT2D eigenvalue weighted by Crippen LogP contribution is -2.44. The molecule has 0 amide bonds. The van der Waals surface area contributed by atoms with Gasteiger partial charge in [0.25, 0.3) is 10.0 Å². The summed E-state index contributed by atoms with van der Waals surface area (Å²) in [6.07, 6.45) is 1.66. The number of Topliss-reactive ketones (excluding diaryl/α,β-unsaturated/α-hetero) is 1. The van der Waals surface area contributed by atoms with Crippen molar-refractivity contribution in [1.82, 2.24) is 4.98 Å². The number of aromatic nitrogens is 1. The molecule has 1 aromatic carbocycles. The number of hydrogen-bond donors (Lipinski definition) is 0. The summed E-state index contributed by atoms with van der Waals surface area (Å²) in [5.74, 6) is 0.137. The van der Waals surface area contributed by atoms with Crippen LogP contribution >= 0.6 is 0 Å². The molecule has 2 aromatic rings. The normalized spacial score (nSPS) is 18.2. The van der Waals surface area contributed by atoms with E-state index in [1.807, 2.05) is 6.92 Å². The minimum atomic E-state index is -3.75. The molecular formula is C16H16N2O3S. The first-order chi connectivity index (χ1) is 10.4. The molecular weight excluding hydrogens is 300 g/mol. The summed E-state index contributed by atoms with van der Waals surface area (Å²) in [7, 11) is -3.75. The Morgan fingerprint density at radius 3 is 2.55 bits per heavy atom. The number of ketones is 1. The Morgan fingerprint density at radius 2 is 1.86 bits per heavy atom. The van der Waals surface area contributed by atoms with Crippen LogP contribution in [0.15, 0.2) is 47.5 Å². The van der Waals surface area contributed by atoms with E-state index in [1.54, 1.807) is 43.3 Å². The SMILES string of the molecule is Cc1ccc(S(=O)(=O)N2c3ncccc3C(=O)CC2C)cc1. The number of hydrogen-bond acceptors (Lipinski definition) is 4. The number of carbonyl (C=O) groups is 1. The van der Waals surface area contributed by atoms with E-state index in [2.05, 4.69) is 4.98 Å². The van der Waals surface area contributed by atoms with Gasteiger partial charge in [-0.05, 0) is 38.1 Å². The van der Waals surface area contributed by atoms with Gasteiger partial charge in [-0.2, -0.15) is 0 Å². The Bertz CT molecular complexity index is 829. The maximum Gasteiger partial charge on any atom is 0.265 e. The van der Waals surface area contributed by atoms with Gasteiger partial charge in [0, 0.05) is 12.6 Å². The van der Waals surface area contributed by atoms with E-state index in [4.69, 9.17) is 0 Å².